The minimum Gasteiger partial charge on any atom is -0.464 e. The van der Waals surface area contributed by atoms with Gasteiger partial charge < -0.3 is 4.42 Å². The first kappa shape index (κ1) is 13.0. The van der Waals surface area contributed by atoms with Crippen LogP contribution in [0, 0.1) is 17.0 Å². The summed E-state index contributed by atoms with van der Waals surface area (Å²) < 4.78 is 5.46. The molecule has 0 N–H and O–H groups in total. The van der Waals surface area contributed by atoms with Gasteiger partial charge in [-0.15, -0.1) is 0 Å². The van der Waals surface area contributed by atoms with E-state index in [1.165, 1.54) is 12.3 Å². The van der Waals surface area contributed by atoms with Gasteiger partial charge in [-0.1, -0.05) is 12.1 Å². The molecule has 0 spiro atoms. The van der Waals surface area contributed by atoms with Crippen molar-refractivity contribution < 1.29 is 9.34 Å². The van der Waals surface area contributed by atoms with Crippen LogP contribution in [0.5, 0.6) is 0 Å². The van der Waals surface area contributed by atoms with Crippen molar-refractivity contribution in [3.05, 3.63) is 63.6 Å². The molecule has 0 aliphatic carbocycles. The van der Waals surface area contributed by atoms with Crippen molar-refractivity contribution in [3.8, 4) is 0 Å². The van der Waals surface area contributed by atoms with Crippen molar-refractivity contribution in [2.75, 3.05) is 0 Å². The van der Waals surface area contributed by atoms with Gasteiger partial charge in [0.1, 0.15) is 17.6 Å². The molecule has 0 aliphatic rings. The number of nitro benzene ring substituents is 1. The molecule has 0 aliphatic heterocycles. The highest BCUT2D eigenvalue weighted by Gasteiger charge is 2.11. The van der Waals surface area contributed by atoms with Gasteiger partial charge in [0.2, 0.25) is 0 Å². The van der Waals surface area contributed by atoms with Crippen molar-refractivity contribution in [2.45, 2.75) is 19.9 Å². The van der Waals surface area contributed by atoms with Gasteiger partial charge in [0.05, 0.1) is 10.5 Å². The van der Waals surface area contributed by atoms with Gasteiger partial charge in [-0.05, 0) is 32.0 Å². The summed E-state index contributed by atoms with van der Waals surface area (Å²) in [5.74, 6) is 1.56. The Morgan fingerprint density at radius 2 is 2.05 bits per heavy atom. The number of hydrogen-bond acceptors (Lipinski definition) is 4. The monoisotopic (exact) mass is 258 g/mol. The van der Waals surface area contributed by atoms with Crippen LogP contribution in [0.1, 0.15) is 30.0 Å². The van der Waals surface area contributed by atoms with E-state index in [0.29, 0.717) is 5.56 Å². The molecule has 0 fully saturated rings. The zero-order chi connectivity index (χ0) is 13.8. The molecular formula is C14H14N2O3. The van der Waals surface area contributed by atoms with E-state index in [1.807, 2.05) is 26.0 Å². The van der Waals surface area contributed by atoms with E-state index >= 15 is 0 Å². The normalized spacial score (nSPS) is 12.7. The predicted octanol–water partition coefficient (Wildman–Crippen LogP) is 3.68. The molecule has 0 radical (unpaired) electrons. The fraction of sp³-hybridized carbons (Fsp3) is 0.214. The smallest absolute Gasteiger partial charge is 0.278 e. The predicted molar refractivity (Wildman–Crippen MR) is 72.6 cm³/mol. The quantitative estimate of drug-likeness (QED) is 0.477. The minimum atomic E-state index is -0.414. The molecule has 2 aromatic rings. The molecule has 0 amide bonds. The van der Waals surface area contributed by atoms with E-state index in [2.05, 4.69) is 4.99 Å². The van der Waals surface area contributed by atoms with Crippen molar-refractivity contribution in [3.63, 3.8) is 0 Å². The maximum Gasteiger partial charge on any atom is 0.278 e. The number of benzene rings is 1. The lowest BCUT2D eigenvalue weighted by Crippen LogP contribution is -1.95. The van der Waals surface area contributed by atoms with Gasteiger partial charge in [-0.2, -0.15) is 0 Å². The van der Waals surface area contributed by atoms with E-state index in [1.54, 1.807) is 18.2 Å². The number of aliphatic imine (C=N–C) groups is 1. The summed E-state index contributed by atoms with van der Waals surface area (Å²) in [6, 6.07) is 10.1. The third-order valence-electron chi connectivity index (χ3n) is 2.74. The summed E-state index contributed by atoms with van der Waals surface area (Å²) >= 11 is 0. The molecule has 1 aromatic carbocycles. The lowest BCUT2D eigenvalue weighted by Gasteiger charge is -2.02. The van der Waals surface area contributed by atoms with E-state index in [9.17, 15) is 10.1 Å². The second-order valence-electron chi connectivity index (χ2n) is 4.22. The molecule has 98 valence electrons. The Labute approximate surface area is 110 Å². The molecule has 1 aromatic heterocycles. The first-order valence-corrected chi connectivity index (χ1v) is 5.91. The maximum absolute atomic E-state index is 10.9. The summed E-state index contributed by atoms with van der Waals surface area (Å²) in [6.45, 7) is 3.74. The largest absolute Gasteiger partial charge is 0.464 e. The van der Waals surface area contributed by atoms with Crippen LogP contribution in [-0.4, -0.2) is 11.1 Å². The van der Waals surface area contributed by atoms with Gasteiger partial charge in [0.15, 0.2) is 0 Å². The molecule has 1 heterocycles. The summed E-state index contributed by atoms with van der Waals surface area (Å²) in [6.07, 6.45) is 1.51. The summed E-state index contributed by atoms with van der Waals surface area (Å²) in [5, 5.41) is 10.9. The minimum absolute atomic E-state index is 0.0501. The van der Waals surface area contributed by atoms with E-state index in [0.717, 1.165) is 11.5 Å². The molecule has 1 atom stereocenters. The topological polar surface area (TPSA) is 68.6 Å². The number of para-hydroxylation sites is 1. The Hall–Kier alpha value is -2.43. The lowest BCUT2D eigenvalue weighted by atomic mass is 10.2. The molecule has 5 nitrogen and oxygen atoms in total. The Morgan fingerprint density at radius 1 is 1.32 bits per heavy atom. The third-order valence-corrected chi connectivity index (χ3v) is 2.74. The fourth-order valence-electron chi connectivity index (χ4n) is 1.71. The highest BCUT2D eigenvalue weighted by Crippen LogP contribution is 2.21. The number of hydrogen-bond donors (Lipinski definition) is 0. The van der Waals surface area contributed by atoms with E-state index in [4.69, 9.17) is 4.42 Å². The number of aryl methyl sites for hydroxylation is 1. The second kappa shape index (κ2) is 5.48. The van der Waals surface area contributed by atoms with Crippen LogP contribution in [0.25, 0.3) is 0 Å². The van der Waals surface area contributed by atoms with E-state index < -0.39 is 4.92 Å². The zero-order valence-electron chi connectivity index (χ0n) is 10.7. The summed E-state index contributed by atoms with van der Waals surface area (Å²) in [4.78, 5) is 14.7. The average Bonchev–Trinajstić information content (AvgIpc) is 2.83. The van der Waals surface area contributed by atoms with Crippen molar-refractivity contribution in [1.82, 2.24) is 0 Å². The van der Waals surface area contributed by atoms with Crippen LogP contribution >= 0.6 is 0 Å². The zero-order valence-corrected chi connectivity index (χ0v) is 10.7. The molecule has 19 heavy (non-hydrogen) atoms. The van der Waals surface area contributed by atoms with Gasteiger partial charge in [0, 0.05) is 12.3 Å². The standard InChI is InChI=1S/C14H14N2O3/c1-10-7-8-14(19-10)11(2)15-9-12-5-3-4-6-13(12)16(17)18/h3-9,11H,1-2H3/t11-/m1/s1. The Bertz CT molecular complexity index is 617. The van der Waals surface area contributed by atoms with Crippen molar-refractivity contribution >= 4 is 11.9 Å². The van der Waals surface area contributed by atoms with Crippen LogP contribution < -0.4 is 0 Å². The highest BCUT2D eigenvalue weighted by atomic mass is 16.6. The Balaban J connectivity index is 2.21. The molecule has 0 saturated heterocycles. The fourth-order valence-corrected chi connectivity index (χ4v) is 1.71. The third kappa shape index (κ3) is 3.07. The molecule has 2 rings (SSSR count). The number of rotatable bonds is 4. The van der Waals surface area contributed by atoms with Gasteiger partial charge in [0.25, 0.3) is 5.69 Å². The SMILES string of the molecule is Cc1ccc([C@@H](C)N=Cc2ccccc2[N+](=O)[O-])o1. The van der Waals surface area contributed by atoms with E-state index in [-0.39, 0.29) is 11.7 Å². The first-order valence-electron chi connectivity index (χ1n) is 5.91. The number of nitro groups is 1. The van der Waals surface area contributed by atoms with Gasteiger partial charge in [-0.25, -0.2) is 0 Å². The first-order chi connectivity index (χ1) is 9.08. The molecule has 0 saturated carbocycles. The van der Waals surface area contributed by atoms with Crippen LogP contribution in [0.3, 0.4) is 0 Å². The van der Waals surface area contributed by atoms with Crippen LogP contribution in [0.4, 0.5) is 5.69 Å². The summed E-state index contributed by atoms with van der Waals surface area (Å²) in [5.41, 5.74) is 0.539. The molecule has 0 bridgehead atoms. The lowest BCUT2D eigenvalue weighted by molar-refractivity contribution is -0.385. The summed E-state index contributed by atoms with van der Waals surface area (Å²) in [7, 11) is 0. The molecule has 5 heteroatoms. The molecular weight excluding hydrogens is 244 g/mol. The van der Waals surface area contributed by atoms with Gasteiger partial charge in [-0.3, -0.25) is 15.1 Å². The highest BCUT2D eigenvalue weighted by molar-refractivity contribution is 5.85. The Morgan fingerprint density at radius 3 is 2.68 bits per heavy atom. The number of nitrogens with zero attached hydrogens (tertiary/aromatic N) is 2. The van der Waals surface area contributed by atoms with Crippen molar-refractivity contribution in [2.24, 2.45) is 4.99 Å². The van der Waals surface area contributed by atoms with Gasteiger partial charge >= 0.3 is 0 Å². The Kier molecular flexibility index (Phi) is 3.75. The van der Waals surface area contributed by atoms with Crippen LogP contribution in [0.15, 0.2) is 45.8 Å². The number of furan rings is 1. The van der Waals surface area contributed by atoms with Crippen LogP contribution in [0.2, 0.25) is 0 Å². The maximum atomic E-state index is 10.9. The van der Waals surface area contributed by atoms with Crippen molar-refractivity contribution in [1.29, 1.82) is 0 Å². The molecule has 0 unspecified atom stereocenters. The van der Waals surface area contributed by atoms with Crippen LogP contribution in [-0.2, 0) is 0 Å². The second-order valence-corrected chi connectivity index (χ2v) is 4.22. The average molecular weight is 258 g/mol.